The van der Waals surface area contributed by atoms with Crippen molar-refractivity contribution in [2.75, 3.05) is 19.3 Å². The van der Waals surface area contributed by atoms with Crippen molar-refractivity contribution < 1.29 is 13.2 Å². The highest BCUT2D eigenvalue weighted by Gasteiger charge is 2.22. The van der Waals surface area contributed by atoms with Gasteiger partial charge in [0.15, 0.2) is 9.84 Å². The second-order valence-corrected chi connectivity index (χ2v) is 13.1. The predicted molar refractivity (Wildman–Crippen MR) is 156 cm³/mol. The molecule has 1 aliphatic rings. The molecule has 1 aromatic carbocycles. The van der Waals surface area contributed by atoms with E-state index in [0.717, 1.165) is 53.9 Å². The molecule has 1 fully saturated rings. The molecule has 1 aliphatic heterocycles. The molecule has 4 aromatic rings. The number of nitrogens with zero attached hydrogens (tertiary/aromatic N) is 4. The summed E-state index contributed by atoms with van der Waals surface area (Å²) in [7, 11) is -3.43. The summed E-state index contributed by atoms with van der Waals surface area (Å²) in [6, 6.07) is 16.6. The van der Waals surface area contributed by atoms with Gasteiger partial charge >= 0.3 is 0 Å². The number of hydrogen-bond donors (Lipinski definition) is 1. The monoisotopic (exact) mass is 557 g/mol. The van der Waals surface area contributed by atoms with E-state index in [9.17, 15) is 13.2 Å². The van der Waals surface area contributed by atoms with E-state index >= 15 is 0 Å². The molecule has 0 bridgehead atoms. The summed E-state index contributed by atoms with van der Waals surface area (Å²) in [5.74, 6) is 1.03. The molecule has 9 heteroatoms. The lowest BCUT2D eigenvalue weighted by atomic mass is 9.92. The molecule has 8 nitrogen and oxygen atoms in total. The summed E-state index contributed by atoms with van der Waals surface area (Å²) in [4.78, 5) is 29.6. The number of carbonyl (C=O) groups excluding carboxylic acids is 1. The van der Waals surface area contributed by atoms with Crippen LogP contribution in [0.4, 0.5) is 0 Å². The maximum absolute atomic E-state index is 12.8. The lowest BCUT2D eigenvalue weighted by Crippen LogP contribution is -2.38. The normalized spacial score (nSPS) is 18.1. The van der Waals surface area contributed by atoms with E-state index in [1.54, 1.807) is 25.3 Å². The average Bonchev–Trinajstić information content (AvgIpc) is 2.90. The maximum atomic E-state index is 12.8. The van der Waals surface area contributed by atoms with Gasteiger partial charge in [-0.1, -0.05) is 26.0 Å². The lowest BCUT2D eigenvalue weighted by molar-refractivity contribution is 0.0950. The van der Waals surface area contributed by atoms with Gasteiger partial charge in [0.05, 0.1) is 39.7 Å². The van der Waals surface area contributed by atoms with Crippen LogP contribution in [0, 0.1) is 18.8 Å². The molecule has 2 atom stereocenters. The van der Waals surface area contributed by atoms with Gasteiger partial charge in [-0.15, -0.1) is 0 Å². The van der Waals surface area contributed by atoms with Crippen LogP contribution in [-0.4, -0.2) is 53.5 Å². The zero-order chi connectivity index (χ0) is 28.4. The Labute approximate surface area is 235 Å². The summed E-state index contributed by atoms with van der Waals surface area (Å²) in [6.07, 6.45) is 4.16. The van der Waals surface area contributed by atoms with Crippen LogP contribution in [0.1, 0.15) is 47.6 Å². The number of likely N-dealkylation sites (tertiary alicyclic amines) is 1. The van der Waals surface area contributed by atoms with Crippen molar-refractivity contribution in [3.05, 3.63) is 83.3 Å². The molecule has 0 spiro atoms. The first-order valence-corrected chi connectivity index (χ1v) is 15.5. The maximum Gasteiger partial charge on any atom is 0.251 e. The number of piperidine rings is 1. The molecule has 0 aliphatic carbocycles. The first-order valence-electron chi connectivity index (χ1n) is 13.6. The number of nitrogens with one attached hydrogen (secondary N) is 1. The average molecular weight is 558 g/mol. The molecule has 0 unspecified atom stereocenters. The third kappa shape index (κ3) is 6.54. The second kappa shape index (κ2) is 11.4. The van der Waals surface area contributed by atoms with Crippen LogP contribution in [-0.2, 0) is 22.9 Å². The number of hydrogen-bond acceptors (Lipinski definition) is 7. The third-order valence-electron chi connectivity index (χ3n) is 7.31. The number of benzene rings is 1. The van der Waals surface area contributed by atoms with Crippen LogP contribution in [0.2, 0.25) is 0 Å². The third-order valence-corrected chi connectivity index (χ3v) is 8.55. The van der Waals surface area contributed by atoms with Crippen molar-refractivity contribution in [1.29, 1.82) is 0 Å². The van der Waals surface area contributed by atoms with Gasteiger partial charge in [-0.3, -0.25) is 14.7 Å². The number of fused-ring (bicyclic) bond motifs is 1. The minimum Gasteiger partial charge on any atom is -0.346 e. The fraction of sp³-hybridized carbons (Fsp3) is 0.355. The minimum atomic E-state index is -3.43. The molecule has 1 amide bonds. The summed E-state index contributed by atoms with van der Waals surface area (Å²) in [5, 5.41) is 3.73. The molecule has 4 heterocycles. The fourth-order valence-corrected chi connectivity index (χ4v) is 6.57. The Hall–Kier alpha value is -3.69. The molecule has 1 N–H and O–H groups in total. The second-order valence-electron chi connectivity index (χ2n) is 11.2. The number of pyridine rings is 3. The van der Waals surface area contributed by atoms with Crippen molar-refractivity contribution in [1.82, 2.24) is 25.2 Å². The zero-order valence-corrected chi connectivity index (χ0v) is 24.2. The van der Waals surface area contributed by atoms with Crippen LogP contribution in [0.3, 0.4) is 0 Å². The molecular weight excluding hydrogens is 522 g/mol. The van der Waals surface area contributed by atoms with E-state index in [4.69, 9.17) is 9.97 Å². The predicted octanol–water partition coefficient (Wildman–Crippen LogP) is 4.81. The highest BCUT2D eigenvalue weighted by molar-refractivity contribution is 7.90. The van der Waals surface area contributed by atoms with Crippen molar-refractivity contribution >= 4 is 26.6 Å². The summed E-state index contributed by atoms with van der Waals surface area (Å²) < 4.78 is 24.1. The minimum absolute atomic E-state index is 0.151. The van der Waals surface area contributed by atoms with E-state index in [1.165, 1.54) is 12.5 Å². The van der Waals surface area contributed by atoms with E-state index in [1.807, 2.05) is 30.3 Å². The lowest BCUT2D eigenvalue weighted by Gasteiger charge is -2.34. The van der Waals surface area contributed by atoms with Gasteiger partial charge in [0.2, 0.25) is 0 Å². The molecule has 40 heavy (non-hydrogen) atoms. The Balaban J connectivity index is 1.31. The molecular formula is C31H35N5O3S. The van der Waals surface area contributed by atoms with E-state index in [2.05, 4.69) is 35.1 Å². The van der Waals surface area contributed by atoms with Crippen molar-refractivity contribution in [2.24, 2.45) is 11.8 Å². The highest BCUT2D eigenvalue weighted by Crippen LogP contribution is 2.24. The number of aromatic nitrogens is 3. The number of rotatable bonds is 7. The first kappa shape index (κ1) is 27.9. The summed E-state index contributed by atoms with van der Waals surface area (Å²) in [6.45, 7) is 9.55. The van der Waals surface area contributed by atoms with E-state index < -0.39 is 9.84 Å². The topological polar surface area (TPSA) is 105 Å². The Bertz CT molecular complexity index is 1660. The molecule has 1 saturated heterocycles. The van der Waals surface area contributed by atoms with Gasteiger partial charge in [-0.2, -0.15) is 0 Å². The molecule has 3 aromatic heterocycles. The molecule has 208 valence electrons. The van der Waals surface area contributed by atoms with Crippen LogP contribution in [0.5, 0.6) is 0 Å². The van der Waals surface area contributed by atoms with E-state index in [-0.39, 0.29) is 22.9 Å². The summed E-state index contributed by atoms with van der Waals surface area (Å²) in [5.41, 5.74) is 4.94. The van der Waals surface area contributed by atoms with Crippen LogP contribution >= 0.6 is 0 Å². The molecule has 0 radical (unpaired) electrons. The molecule has 0 saturated carbocycles. The highest BCUT2D eigenvalue weighted by atomic mass is 32.2. The number of carbonyl (C=O) groups is 1. The van der Waals surface area contributed by atoms with Gasteiger partial charge in [0, 0.05) is 43.0 Å². The zero-order valence-electron chi connectivity index (χ0n) is 23.4. The Morgan fingerprint density at radius 3 is 2.48 bits per heavy atom. The van der Waals surface area contributed by atoms with Gasteiger partial charge in [-0.25, -0.2) is 18.4 Å². The molecule has 5 rings (SSSR count). The Morgan fingerprint density at radius 2 is 1.73 bits per heavy atom. The summed E-state index contributed by atoms with van der Waals surface area (Å²) >= 11 is 0. The standard InChI is InChI=1S/C31H35N5O3S/c1-20-12-21(2)18-36(17-20)19-25-6-5-7-27(34-25)28-11-10-24-15-32-26(14-29(24)35-28)16-33-31(37)23-9-8-22(3)30(13-23)40(4,38)39/h5-11,13-15,20-21H,12,16-19H2,1-4H3,(H,33,37)/t20-,21+. The number of amides is 1. The van der Waals surface area contributed by atoms with Crippen LogP contribution in [0.15, 0.2) is 65.7 Å². The Morgan fingerprint density at radius 1 is 0.975 bits per heavy atom. The fourth-order valence-electron chi connectivity index (χ4n) is 5.57. The largest absolute Gasteiger partial charge is 0.346 e. The van der Waals surface area contributed by atoms with Crippen molar-refractivity contribution in [3.63, 3.8) is 0 Å². The van der Waals surface area contributed by atoms with Crippen LogP contribution < -0.4 is 5.32 Å². The van der Waals surface area contributed by atoms with Crippen molar-refractivity contribution in [2.45, 2.75) is 45.2 Å². The smallest absolute Gasteiger partial charge is 0.251 e. The van der Waals surface area contributed by atoms with Gasteiger partial charge in [-0.05, 0) is 73.2 Å². The first-order chi connectivity index (χ1) is 19.0. The van der Waals surface area contributed by atoms with Crippen LogP contribution in [0.25, 0.3) is 22.3 Å². The van der Waals surface area contributed by atoms with Gasteiger partial charge in [0.25, 0.3) is 5.91 Å². The SMILES string of the molecule is Cc1ccc(C(=O)NCc2cc3nc(-c4cccc(CN5C[C@H](C)C[C@H](C)C5)n4)ccc3cn2)cc1S(C)(=O)=O. The number of aryl methyl sites for hydroxylation is 1. The van der Waals surface area contributed by atoms with Crippen molar-refractivity contribution in [3.8, 4) is 11.4 Å². The Kier molecular flexibility index (Phi) is 7.96. The quantitative estimate of drug-likeness (QED) is 0.348. The van der Waals surface area contributed by atoms with E-state index in [0.29, 0.717) is 23.1 Å². The van der Waals surface area contributed by atoms with Gasteiger partial charge in [0.1, 0.15) is 0 Å². The number of sulfone groups is 1. The van der Waals surface area contributed by atoms with Gasteiger partial charge < -0.3 is 5.32 Å².